The van der Waals surface area contributed by atoms with Crippen LogP contribution in [0.5, 0.6) is 5.75 Å². The van der Waals surface area contributed by atoms with Gasteiger partial charge in [0.15, 0.2) is 0 Å². The Balaban J connectivity index is 2.61. The van der Waals surface area contributed by atoms with Gasteiger partial charge >= 0.3 is 0 Å². The summed E-state index contributed by atoms with van der Waals surface area (Å²) in [6.07, 6.45) is 1.80. The molecule has 3 nitrogen and oxygen atoms in total. The molecule has 78 valence electrons. The first-order chi connectivity index (χ1) is 6.51. The number of hydrogen-bond acceptors (Lipinski definition) is 3. The number of methoxy groups -OCH3 is 1. The Hall–Kier alpha value is -1.03. The van der Waals surface area contributed by atoms with E-state index in [0.717, 1.165) is 11.3 Å². The van der Waals surface area contributed by atoms with Crippen LogP contribution in [-0.2, 0) is 16.3 Å². The van der Waals surface area contributed by atoms with Crippen LogP contribution in [0, 0.1) is 0 Å². The van der Waals surface area contributed by atoms with Crippen molar-refractivity contribution >= 4 is 9.84 Å². The highest BCUT2D eigenvalue weighted by Gasteiger charge is 2.02. The lowest BCUT2D eigenvalue weighted by Gasteiger charge is -2.02. The van der Waals surface area contributed by atoms with Crippen molar-refractivity contribution in [3.8, 4) is 5.75 Å². The third-order valence-corrected chi connectivity index (χ3v) is 2.87. The molecule has 0 aliphatic heterocycles. The molecule has 4 heteroatoms. The monoisotopic (exact) mass is 214 g/mol. The van der Waals surface area contributed by atoms with Crippen molar-refractivity contribution < 1.29 is 13.2 Å². The van der Waals surface area contributed by atoms with E-state index in [4.69, 9.17) is 4.74 Å². The van der Waals surface area contributed by atoms with E-state index in [2.05, 4.69) is 0 Å². The Kier molecular flexibility index (Phi) is 3.52. The summed E-state index contributed by atoms with van der Waals surface area (Å²) >= 11 is 0. The molecular formula is C10H14O3S. The van der Waals surface area contributed by atoms with Crippen molar-refractivity contribution in [2.75, 3.05) is 19.1 Å². The van der Waals surface area contributed by atoms with Crippen LogP contribution < -0.4 is 4.74 Å². The molecule has 0 amide bonds. The van der Waals surface area contributed by atoms with Crippen LogP contribution in [0.4, 0.5) is 0 Å². The van der Waals surface area contributed by atoms with Crippen LogP contribution in [0.3, 0.4) is 0 Å². The molecule has 0 heterocycles. The van der Waals surface area contributed by atoms with Crippen molar-refractivity contribution in [2.45, 2.75) is 6.42 Å². The Morgan fingerprint density at radius 3 is 2.21 bits per heavy atom. The SMILES string of the molecule is COc1ccc(CCS(C)(=O)=O)cc1. The molecule has 1 aromatic carbocycles. The largest absolute Gasteiger partial charge is 0.497 e. The minimum Gasteiger partial charge on any atom is -0.497 e. The molecule has 0 aliphatic carbocycles. The Morgan fingerprint density at radius 1 is 1.21 bits per heavy atom. The molecule has 0 saturated heterocycles. The van der Waals surface area contributed by atoms with Crippen LogP contribution in [0.1, 0.15) is 5.56 Å². The second kappa shape index (κ2) is 4.46. The second-order valence-corrected chi connectivity index (χ2v) is 5.49. The Labute approximate surface area is 84.6 Å². The lowest BCUT2D eigenvalue weighted by Crippen LogP contribution is -2.05. The summed E-state index contributed by atoms with van der Waals surface area (Å²) in [5.41, 5.74) is 1.01. The molecule has 0 aliphatic rings. The van der Waals surface area contributed by atoms with E-state index >= 15 is 0 Å². The summed E-state index contributed by atoms with van der Waals surface area (Å²) in [4.78, 5) is 0. The fourth-order valence-electron chi connectivity index (χ4n) is 1.10. The van der Waals surface area contributed by atoms with E-state index in [-0.39, 0.29) is 5.75 Å². The predicted molar refractivity (Wildman–Crippen MR) is 56.4 cm³/mol. The molecule has 0 unspecified atom stereocenters. The van der Waals surface area contributed by atoms with Gasteiger partial charge in [0.2, 0.25) is 0 Å². The molecule has 1 rings (SSSR count). The van der Waals surface area contributed by atoms with E-state index in [9.17, 15) is 8.42 Å². The summed E-state index contributed by atoms with van der Waals surface area (Å²) in [7, 11) is -1.27. The first-order valence-corrected chi connectivity index (χ1v) is 6.38. The molecule has 0 radical (unpaired) electrons. The van der Waals surface area contributed by atoms with Gasteiger partial charge in [-0.25, -0.2) is 8.42 Å². The van der Waals surface area contributed by atoms with Gasteiger partial charge in [0, 0.05) is 6.26 Å². The molecule has 0 fully saturated rings. The van der Waals surface area contributed by atoms with Crippen molar-refractivity contribution in [2.24, 2.45) is 0 Å². The summed E-state index contributed by atoms with van der Waals surface area (Å²) < 4.78 is 26.8. The number of ether oxygens (including phenoxy) is 1. The van der Waals surface area contributed by atoms with Crippen LogP contribution >= 0.6 is 0 Å². The average molecular weight is 214 g/mol. The van der Waals surface area contributed by atoms with Gasteiger partial charge in [-0.2, -0.15) is 0 Å². The highest BCUT2D eigenvalue weighted by atomic mass is 32.2. The molecule has 0 aromatic heterocycles. The third-order valence-electron chi connectivity index (χ3n) is 1.92. The average Bonchev–Trinajstić information content (AvgIpc) is 2.14. The fourth-order valence-corrected chi connectivity index (χ4v) is 1.70. The highest BCUT2D eigenvalue weighted by Crippen LogP contribution is 2.11. The van der Waals surface area contributed by atoms with Gasteiger partial charge in [0.25, 0.3) is 0 Å². The molecule has 1 aromatic rings. The zero-order valence-corrected chi connectivity index (χ0v) is 9.17. The van der Waals surface area contributed by atoms with Crippen LogP contribution in [-0.4, -0.2) is 27.5 Å². The molecule has 14 heavy (non-hydrogen) atoms. The predicted octanol–water partition coefficient (Wildman–Crippen LogP) is 1.28. The second-order valence-electron chi connectivity index (χ2n) is 3.23. The maximum atomic E-state index is 10.9. The molecular weight excluding hydrogens is 200 g/mol. The minimum absolute atomic E-state index is 0.194. The van der Waals surface area contributed by atoms with Crippen LogP contribution in [0.2, 0.25) is 0 Å². The maximum absolute atomic E-state index is 10.9. The summed E-state index contributed by atoms with van der Waals surface area (Å²) in [5, 5.41) is 0. The fraction of sp³-hybridized carbons (Fsp3) is 0.400. The quantitative estimate of drug-likeness (QED) is 0.758. The van der Waals surface area contributed by atoms with Gasteiger partial charge in [-0.1, -0.05) is 12.1 Å². The van der Waals surface area contributed by atoms with Crippen molar-refractivity contribution in [3.63, 3.8) is 0 Å². The number of aryl methyl sites for hydroxylation is 1. The number of sulfone groups is 1. The molecule has 0 saturated carbocycles. The molecule has 0 bridgehead atoms. The first kappa shape index (κ1) is 11.0. The normalized spacial score (nSPS) is 11.3. The van der Waals surface area contributed by atoms with Gasteiger partial charge < -0.3 is 4.74 Å². The zero-order chi connectivity index (χ0) is 10.6. The third kappa shape index (κ3) is 3.79. The summed E-state index contributed by atoms with van der Waals surface area (Å²) in [6, 6.07) is 7.42. The number of rotatable bonds is 4. The standard InChI is InChI=1S/C10H14O3S/c1-13-10-5-3-9(4-6-10)7-8-14(2,11)12/h3-6H,7-8H2,1-2H3. The van der Waals surface area contributed by atoms with E-state index < -0.39 is 9.84 Å². The lowest BCUT2D eigenvalue weighted by molar-refractivity contribution is 0.414. The van der Waals surface area contributed by atoms with Gasteiger partial charge in [-0.05, 0) is 24.1 Å². The van der Waals surface area contributed by atoms with E-state index in [1.54, 1.807) is 7.11 Å². The topological polar surface area (TPSA) is 43.4 Å². The minimum atomic E-state index is -2.87. The Morgan fingerprint density at radius 2 is 1.79 bits per heavy atom. The smallest absolute Gasteiger partial charge is 0.147 e. The first-order valence-electron chi connectivity index (χ1n) is 4.32. The van der Waals surface area contributed by atoms with Crippen molar-refractivity contribution in [1.82, 2.24) is 0 Å². The Bertz CT molecular complexity index is 378. The van der Waals surface area contributed by atoms with Crippen molar-refractivity contribution in [1.29, 1.82) is 0 Å². The molecule has 0 atom stereocenters. The maximum Gasteiger partial charge on any atom is 0.147 e. The summed E-state index contributed by atoms with van der Waals surface area (Å²) in [5.74, 6) is 0.979. The zero-order valence-electron chi connectivity index (χ0n) is 8.36. The van der Waals surface area contributed by atoms with Crippen molar-refractivity contribution in [3.05, 3.63) is 29.8 Å². The molecule has 0 N–H and O–H groups in total. The van der Waals surface area contributed by atoms with Gasteiger partial charge in [-0.15, -0.1) is 0 Å². The van der Waals surface area contributed by atoms with E-state index in [1.165, 1.54) is 6.26 Å². The van der Waals surface area contributed by atoms with Crippen LogP contribution in [0.25, 0.3) is 0 Å². The highest BCUT2D eigenvalue weighted by molar-refractivity contribution is 7.90. The van der Waals surface area contributed by atoms with E-state index in [0.29, 0.717) is 6.42 Å². The van der Waals surface area contributed by atoms with Crippen LogP contribution in [0.15, 0.2) is 24.3 Å². The van der Waals surface area contributed by atoms with E-state index in [1.807, 2.05) is 24.3 Å². The van der Waals surface area contributed by atoms with Gasteiger partial charge in [0.05, 0.1) is 12.9 Å². The van der Waals surface area contributed by atoms with Gasteiger partial charge in [0.1, 0.15) is 15.6 Å². The van der Waals surface area contributed by atoms with Gasteiger partial charge in [-0.3, -0.25) is 0 Å². The lowest BCUT2D eigenvalue weighted by atomic mass is 10.2. The number of hydrogen-bond donors (Lipinski definition) is 0. The number of benzene rings is 1. The molecule has 0 spiro atoms. The summed E-state index contributed by atoms with van der Waals surface area (Å²) in [6.45, 7) is 0.